The Labute approximate surface area is 133 Å². The molecule has 0 saturated heterocycles. The van der Waals surface area contributed by atoms with Gasteiger partial charge in [-0.1, -0.05) is 37.3 Å². The van der Waals surface area contributed by atoms with Gasteiger partial charge in [-0.25, -0.2) is 0 Å². The van der Waals surface area contributed by atoms with Gasteiger partial charge < -0.3 is 9.64 Å². The highest BCUT2D eigenvalue weighted by molar-refractivity contribution is 5.84. The molecule has 0 aromatic heterocycles. The molecule has 0 aliphatic carbocycles. The molecule has 0 saturated carbocycles. The number of rotatable bonds is 8. The van der Waals surface area contributed by atoms with E-state index in [2.05, 4.69) is 0 Å². The van der Waals surface area contributed by atoms with Gasteiger partial charge >= 0.3 is 5.97 Å². The number of benzene rings is 1. The number of nitrogens with zero attached hydrogens (tertiary/aromatic N) is 1. The van der Waals surface area contributed by atoms with E-state index in [-0.39, 0.29) is 30.3 Å². The average Bonchev–Trinajstić information content (AvgIpc) is 2.49. The van der Waals surface area contributed by atoms with Crippen molar-refractivity contribution in [2.24, 2.45) is 0 Å². The number of hydrogen-bond donors (Lipinski definition) is 0. The lowest BCUT2D eigenvalue weighted by Crippen LogP contribution is -2.41. The van der Waals surface area contributed by atoms with Crippen molar-refractivity contribution in [2.45, 2.75) is 52.5 Å². The number of amides is 1. The molecule has 0 bridgehead atoms. The molecule has 0 aliphatic rings. The summed E-state index contributed by atoms with van der Waals surface area (Å²) in [5.41, 5.74) is 1.02. The molecule has 0 N–H and O–H groups in total. The molecule has 0 spiro atoms. The lowest BCUT2D eigenvalue weighted by atomic mass is 9.94. The summed E-state index contributed by atoms with van der Waals surface area (Å²) in [5, 5.41) is 0. The van der Waals surface area contributed by atoms with Gasteiger partial charge in [0.25, 0.3) is 0 Å². The standard InChI is InChI=1S/C18H27NO3/c1-5-16(15-10-8-7-9-11-15)18(21)19(14(3)4)13-12-17(20)22-6-2/h7-11,14,16H,5-6,12-13H2,1-4H3. The summed E-state index contributed by atoms with van der Waals surface area (Å²) in [4.78, 5) is 26.2. The lowest BCUT2D eigenvalue weighted by molar-refractivity contribution is -0.144. The average molecular weight is 305 g/mol. The SMILES string of the molecule is CCOC(=O)CCN(C(=O)C(CC)c1ccccc1)C(C)C. The summed E-state index contributed by atoms with van der Waals surface area (Å²) in [6.45, 7) is 8.52. The molecular weight excluding hydrogens is 278 g/mol. The van der Waals surface area contributed by atoms with Crippen LogP contribution in [-0.2, 0) is 14.3 Å². The van der Waals surface area contributed by atoms with E-state index in [0.717, 1.165) is 12.0 Å². The Bertz CT molecular complexity index is 470. The van der Waals surface area contributed by atoms with Crippen molar-refractivity contribution in [2.75, 3.05) is 13.2 Å². The molecular formula is C18H27NO3. The van der Waals surface area contributed by atoms with Crippen molar-refractivity contribution in [1.82, 2.24) is 4.90 Å². The third-order valence-corrected chi connectivity index (χ3v) is 3.68. The summed E-state index contributed by atoms with van der Waals surface area (Å²) in [5.74, 6) is -0.340. The first-order chi connectivity index (χ1) is 10.5. The molecule has 1 aromatic rings. The van der Waals surface area contributed by atoms with Gasteiger partial charge in [0.1, 0.15) is 0 Å². The fourth-order valence-electron chi connectivity index (χ4n) is 2.51. The number of ether oxygens (including phenoxy) is 1. The van der Waals surface area contributed by atoms with Crippen LogP contribution in [0.25, 0.3) is 0 Å². The highest BCUT2D eigenvalue weighted by atomic mass is 16.5. The largest absolute Gasteiger partial charge is 0.466 e. The van der Waals surface area contributed by atoms with Gasteiger partial charge in [-0.15, -0.1) is 0 Å². The Morgan fingerprint density at radius 2 is 1.77 bits per heavy atom. The number of carbonyl (C=O) groups is 2. The summed E-state index contributed by atoms with van der Waals surface area (Å²) < 4.78 is 4.95. The molecule has 1 atom stereocenters. The molecule has 0 heterocycles. The second-order valence-electron chi connectivity index (χ2n) is 5.55. The minimum atomic E-state index is -0.256. The maximum atomic E-state index is 12.9. The van der Waals surface area contributed by atoms with E-state index in [0.29, 0.717) is 13.2 Å². The molecule has 4 nitrogen and oxygen atoms in total. The van der Waals surface area contributed by atoms with Gasteiger partial charge in [-0.05, 0) is 32.8 Å². The molecule has 0 fully saturated rings. The second-order valence-corrected chi connectivity index (χ2v) is 5.55. The normalized spacial score (nSPS) is 12.0. The Hall–Kier alpha value is -1.84. The fraction of sp³-hybridized carbons (Fsp3) is 0.556. The maximum absolute atomic E-state index is 12.9. The Kier molecular flexibility index (Phi) is 7.64. The molecule has 0 aliphatic heterocycles. The van der Waals surface area contributed by atoms with Crippen LogP contribution in [0.3, 0.4) is 0 Å². The van der Waals surface area contributed by atoms with Gasteiger partial charge in [0.2, 0.25) is 5.91 Å². The molecule has 1 amide bonds. The molecule has 1 aromatic carbocycles. The van der Waals surface area contributed by atoms with Crippen LogP contribution >= 0.6 is 0 Å². The van der Waals surface area contributed by atoms with Crippen molar-refractivity contribution in [3.05, 3.63) is 35.9 Å². The summed E-state index contributed by atoms with van der Waals surface area (Å²) in [6.07, 6.45) is 0.981. The van der Waals surface area contributed by atoms with Crippen LogP contribution in [0.2, 0.25) is 0 Å². The van der Waals surface area contributed by atoms with Gasteiger partial charge in [0.15, 0.2) is 0 Å². The van der Waals surface area contributed by atoms with Crippen LogP contribution in [-0.4, -0.2) is 36.0 Å². The third kappa shape index (κ3) is 5.17. The van der Waals surface area contributed by atoms with Crippen molar-refractivity contribution in [3.63, 3.8) is 0 Å². The molecule has 1 unspecified atom stereocenters. The zero-order valence-electron chi connectivity index (χ0n) is 14.0. The molecule has 4 heteroatoms. The Morgan fingerprint density at radius 1 is 1.14 bits per heavy atom. The second kappa shape index (κ2) is 9.23. The van der Waals surface area contributed by atoms with E-state index in [1.54, 1.807) is 11.8 Å². The molecule has 22 heavy (non-hydrogen) atoms. The first-order valence-corrected chi connectivity index (χ1v) is 8.02. The van der Waals surface area contributed by atoms with E-state index in [9.17, 15) is 9.59 Å². The van der Waals surface area contributed by atoms with Crippen molar-refractivity contribution >= 4 is 11.9 Å². The van der Waals surface area contributed by atoms with E-state index in [4.69, 9.17) is 4.74 Å². The zero-order valence-corrected chi connectivity index (χ0v) is 14.0. The van der Waals surface area contributed by atoms with Crippen molar-refractivity contribution in [1.29, 1.82) is 0 Å². The lowest BCUT2D eigenvalue weighted by Gasteiger charge is -2.30. The van der Waals surface area contributed by atoms with Gasteiger partial charge in [-0.3, -0.25) is 9.59 Å². The van der Waals surface area contributed by atoms with E-state index >= 15 is 0 Å². The molecule has 0 radical (unpaired) electrons. The van der Waals surface area contributed by atoms with Crippen LogP contribution in [0.15, 0.2) is 30.3 Å². The Balaban J connectivity index is 2.81. The predicted octanol–water partition coefficient (Wildman–Crippen LogP) is 3.37. The summed E-state index contributed by atoms with van der Waals surface area (Å²) in [7, 11) is 0. The van der Waals surface area contributed by atoms with Gasteiger partial charge in [0, 0.05) is 12.6 Å². The van der Waals surface area contributed by atoms with Crippen LogP contribution in [0.1, 0.15) is 52.0 Å². The number of esters is 1. The summed E-state index contributed by atoms with van der Waals surface area (Å²) in [6, 6.07) is 9.86. The minimum Gasteiger partial charge on any atom is -0.466 e. The predicted molar refractivity (Wildman–Crippen MR) is 87.6 cm³/mol. The number of carbonyl (C=O) groups excluding carboxylic acids is 2. The van der Waals surface area contributed by atoms with Crippen LogP contribution < -0.4 is 0 Å². The van der Waals surface area contributed by atoms with Crippen LogP contribution in [0.5, 0.6) is 0 Å². The first kappa shape index (κ1) is 18.2. The third-order valence-electron chi connectivity index (χ3n) is 3.68. The van der Waals surface area contributed by atoms with Gasteiger partial charge in [0.05, 0.1) is 18.9 Å². The van der Waals surface area contributed by atoms with E-state index in [1.807, 2.05) is 51.1 Å². The zero-order chi connectivity index (χ0) is 16.5. The van der Waals surface area contributed by atoms with E-state index in [1.165, 1.54) is 0 Å². The highest BCUT2D eigenvalue weighted by Crippen LogP contribution is 2.23. The number of hydrogen-bond acceptors (Lipinski definition) is 3. The van der Waals surface area contributed by atoms with Gasteiger partial charge in [-0.2, -0.15) is 0 Å². The van der Waals surface area contributed by atoms with Crippen molar-refractivity contribution in [3.8, 4) is 0 Å². The Morgan fingerprint density at radius 3 is 2.27 bits per heavy atom. The maximum Gasteiger partial charge on any atom is 0.307 e. The molecule has 1 rings (SSSR count). The summed E-state index contributed by atoms with van der Waals surface area (Å²) >= 11 is 0. The van der Waals surface area contributed by atoms with Crippen LogP contribution in [0.4, 0.5) is 0 Å². The smallest absolute Gasteiger partial charge is 0.307 e. The monoisotopic (exact) mass is 305 g/mol. The van der Waals surface area contributed by atoms with Crippen molar-refractivity contribution < 1.29 is 14.3 Å². The first-order valence-electron chi connectivity index (χ1n) is 8.02. The van der Waals surface area contributed by atoms with Crippen LogP contribution in [0, 0.1) is 0 Å². The minimum absolute atomic E-state index is 0.0553. The fourth-order valence-corrected chi connectivity index (χ4v) is 2.51. The molecule has 122 valence electrons. The quantitative estimate of drug-likeness (QED) is 0.692. The topological polar surface area (TPSA) is 46.6 Å². The van der Waals surface area contributed by atoms with E-state index < -0.39 is 0 Å². The highest BCUT2D eigenvalue weighted by Gasteiger charge is 2.26.